The molecule has 0 atom stereocenters. The van der Waals surface area contributed by atoms with Gasteiger partial charge in [-0.25, -0.2) is 14.8 Å². The number of carbonyl (C=O) groups excluding carboxylic acids is 1. The summed E-state index contributed by atoms with van der Waals surface area (Å²) in [6, 6.07) is 6.09. The Bertz CT molecular complexity index is 1070. The summed E-state index contributed by atoms with van der Waals surface area (Å²) in [6.45, 7) is 3.94. The normalized spacial score (nSPS) is 16.7. The van der Waals surface area contributed by atoms with Gasteiger partial charge in [-0.1, -0.05) is 12.8 Å². The second-order valence-corrected chi connectivity index (χ2v) is 8.07. The molecule has 10 heteroatoms. The van der Waals surface area contributed by atoms with Crippen molar-refractivity contribution in [2.75, 3.05) is 43.5 Å². The van der Waals surface area contributed by atoms with Gasteiger partial charge in [0.25, 0.3) is 0 Å². The number of aromatic nitrogens is 4. The standard InChI is InChI=1S/C22H27N7O2.ClH/c1-31-21(30)18-12-15-13-25-22(27-20(15)29(18)16-4-2-3-5-16)26-19-7-6-17(14-24-19)28-10-8-23-9-11-28;/h6-7,12-14,16,23H,2-5,8-11H2,1H3,(H,24,25,26,27);1H. The van der Waals surface area contributed by atoms with Crippen molar-refractivity contribution in [3.05, 3.63) is 36.3 Å². The van der Waals surface area contributed by atoms with Crippen LogP contribution in [0.25, 0.3) is 11.0 Å². The minimum Gasteiger partial charge on any atom is -0.464 e. The predicted molar refractivity (Wildman–Crippen MR) is 126 cm³/mol. The number of nitrogens with zero attached hydrogens (tertiary/aromatic N) is 5. The zero-order chi connectivity index (χ0) is 21.2. The van der Waals surface area contributed by atoms with E-state index < -0.39 is 0 Å². The van der Waals surface area contributed by atoms with Crippen molar-refractivity contribution < 1.29 is 9.53 Å². The number of halogens is 1. The molecule has 3 aromatic rings. The van der Waals surface area contributed by atoms with Gasteiger partial charge in [-0.05, 0) is 31.0 Å². The van der Waals surface area contributed by atoms with E-state index in [-0.39, 0.29) is 24.4 Å². The largest absolute Gasteiger partial charge is 0.464 e. The Hall–Kier alpha value is -2.91. The van der Waals surface area contributed by atoms with Gasteiger partial charge >= 0.3 is 5.97 Å². The third kappa shape index (κ3) is 4.35. The average molecular weight is 458 g/mol. The highest BCUT2D eigenvalue weighted by Gasteiger charge is 2.26. The van der Waals surface area contributed by atoms with Crippen LogP contribution in [0.5, 0.6) is 0 Å². The number of carbonyl (C=O) groups is 1. The van der Waals surface area contributed by atoms with Crippen LogP contribution in [0, 0.1) is 0 Å². The molecule has 0 amide bonds. The molecule has 0 aromatic carbocycles. The molecule has 1 saturated carbocycles. The molecule has 2 aliphatic rings. The lowest BCUT2D eigenvalue weighted by Gasteiger charge is -2.29. The fraction of sp³-hybridized carbons (Fsp3) is 0.455. The highest BCUT2D eigenvalue weighted by atomic mass is 35.5. The van der Waals surface area contributed by atoms with E-state index in [1.807, 2.05) is 22.9 Å². The Labute approximate surface area is 193 Å². The summed E-state index contributed by atoms with van der Waals surface area (Å²) in [5.41, 5.74) is 2.40. The third-order valence-electron chi connectivity index (χ3n) is 6.13. The van der Waals surface area contributed by atoms with Gasteiger partial charge in [-0.2, -0.15) is 4.98 Å². The summed E-state index contributed by atoms with van der Waals surface area (Å²) in [5, 5.41) is 7.39. The molecule has 0 radical (unpaired) electrons. The Morgan fingerprint density at radius 3 is 2.62 bits per heavy atom. The predicted octanol–water partition coefficient (Wildman–Crippen LogP) is 3.30. The Morgan fingerprint density at radius 2 is 1.94 bits per heavy atom. The van der Waals surface area contributed by atoms with Crippen LogP contribution in [0.1, 0.15) is 42.2 Å². The highest BCUT2D eigenvalue weighted by molar-refractivity contribution is 5.94. The first-order valence-electron chi connectivity index (χ1n) is 10.9. The molecule has 3 aromatic heterocycles. The van der Waals surface area contributed by atoms with Crippen LogP contribution < -0.4 is 15.5 Å². The Kier molecular flexibility index (Phi) is 6.76. The highest BCUT2D eigenvalue weighted by Crippen LogP contribution is 2.34. The van der Waals surface area contributed by atoms with Crippen LogP contribution in [0.2, 0.25) is 0 Å². The number of piperazine rings is 1. The van der Waals surface area contributed by atoms with Gasteiger partial charge in [0.2, 0.25) is 5.95 Å². The minimum absolute atomic E-state index is 0. The maximum absolute atomic E-state index is 12.4. The quantitative estimate of drug-likeness (QED) is 0.563. The second kappa shape index (κ2) is 9.70. The van der Waals surface area contributed by atoms with E-state index in [2.05, 4.69) is 31.6 Å². The molecule has 2 fully saturated rings. The van der Waals surface area contributed by atoms with Gasteiger partial charge in [0, 0.05) is 43.8 Å². The van der Waals surface area contributed by atoms with Gasteiger partial charge in [0.1, 0.15) is 17.2 Å². The van der Waals surface area contributed by atoms with Gasteiger partial charge in [0.05, 0.1) is 19.0 Å². The third-order valence-corrected chi connectivity index (χ3v) is 6.13. The number of fused-ring (bicyclic) bond motifs is 1. The second-order valence-electron chi connectivity index (χ2n) is 8.07. The van der Waals surface area contributed by atoms with E-state index in [1.165, 1.54) is 7.11 Å². The molecule has 9 nitrogen and oxygen atoms in total. The number of hydrogen-bond acceptors (Lipinski definition) is 8. The van der Waals surface area contributed by atoms with E-state index >= 15 is 0 Å². The van der Waals surface area contributed by atoms with Crippen molar-refractivity contribution in [3.63, 3.8) is 0 Å². The lowest BCUT2D eigenvalue weighted by atomic mass is 10.2. The molecule has 1 aliphatic heterocycles. The van der Waals surface area contributed by atoms with Crippen molar-refractivity contribution in [1.82, 2.24) is 24.8 Å². The molecule has 0 bridgehead atoms. The molecule has 5 rings (SSSR count). The van der Waals surface area contributed by atoms with E-state index in [0.717, 1.165) is 68.6 Å². The zero-order valence-electron chi connectivity index (χ0n) is 18.1. The van der Waals surface area contributed by atoms with E-state index in [4.69, 9.17) is 9.72 Å². The van der Waals surface area contributed by atoms with Crippen molar-refractivity contribution in [3.8, 4) is 0 Å². The van der Waals surface area contributed by atoms with Crippen LogP contribution in [-0.4, -0.2) is 58.8 Å². The van der Waals surface area contributed by atoms with Gasteiger partial charge in [-0.3, -0.25) is 0 Å². The molecular formula is C22H28ClN7O2. The number of methoxy groups -OCH3 is 1. The van der Waals surface area contributed by atoms with Crippen LogP contribution in [0.15, 0.2) is 30.6 Å². The lowest BCUT2D eigenvalue weighted by molar-refractivity contribution is 0.0586. The molecular weight excluding hydrogens is 430 g/mol. The smallest absolute Gasteiger partial charge is 0.354 e. The zero-order valence-corrected chi connectivity index (χ0v) is 18.9. The summed E-state index contributed by atoms with van der Waals surface area (Å²) < 4.78 is 7.04. The Balaban J connectivity index is 0.00000245. The number of hydrogen-bond donors (Lipinski definition) is 2. The van der Waals surface area contributed by atoms with Crippen LogP contribution in [0.4, 0.5) is 17.5 Å². The SMILES string of the molecule is COC(=O)c1cc2cnc(Nc3ccc(N4CCNCC4)cn3)nc2n1C1CCCC1.Cl. The maximum Gasteiger partial charge on any atom is 0.354 e. The van der Waals surface area contributed by atoms with Gasteiger partial charge in [0.15, 0.2) is 0 Å². The van der Waals surface area contributed by atoms with E-state index in [1.54, 1.807) is 6.20 Å². The fourth-order valence-corrected chi connectivity index (χ4v) is 4.55. The molecule has 0 unspecified atom stereocenters. The summed E-state index contributed by atoms with van der Waals surface area (Å²) in [5.74, 6) is 0.804. The Morgan fingerprint density at radius 1 is 1.16 bits per heavy atom. The monoisotopic (exact) mass is 457 g/mol. The average Bonchev–Trinajstić information content (AvgIpc) is 3.47. The number of pyridine rings is 1. The van der Waals surface area contributed by atoms with Crippen LogP contribution >= 0.6 is 12.4 Å². The first-order chi connectivity index (χ1) is 15.2. The molecule has 32 heavy (non-hydrogen) atoms. The van der Waals surface area contributed by atoms with Gasteiger partial charge in [-0.15, -0.1) is 12.4 Å². The molecule has 1 saturated heterocycles. The summed E-state index contributed by atoms with van der Waals surface area (Å²) in [7, 11) is 1.41. The number of rotatable bonds is 5. The molecule has 2 N–H and O–H groups in total. The van der Waals surface area contributed by atoms with Crippen molar-refractivity contribution in [1.29, 1.82) is 0 Å². The summed E-state index contributed by atoms with van der Waals surface area (Å²) in [6.07, 6.45) is 8.01. The number of ether oxygens (including phenoxy) is 1. The van der Waals surface area contributed by atoms with Crippen LogP contribution in [-0.2, 0) is 4.74 Å². The van der Waals surface area contributed by atoms with Crippen molar-refractivity contribution in [2.24, 2.45) is 0 Å². The van der Waals surface area contributed by atoms with E-state index in [0.29, 0.717) is 17.5 Å². The molecule has 4 heterocycles. The van der Waals surface area contributed by atoms with E-state index in [9.17, 15) is 4.79 Å². The summed E-state index contributed by atoms with van der Waals surface area (Å²) in [4.78, 5) is 28.4. The van der Waals surface area contributed by atoms with Crippen molar-refractivity contribution in [2.45, 2.75) is 31.7 Å². The minimum atomic E-state index is -0.343. The fourth-order valence-electron chi connectivity index (χ4n) is 4.55. The summed E-state index contributed by atoms with van der Waals surface area (Å²) >= 11 is 0. The maximum atomic E-state index is 12.4. The van der Waals surface area contributed by atoms with Gasteiger partial charge < -0.3 is 24.8 Å². The lowest BCUT2D eigenvalue weighted by Crippen LogP contribution is -2.43. The molecule has 1 aliphatic carbocycles. The number of nitrogens with one attached hydrogen (secondary N) is 2. The topological polar surface area (TPSA) is 97.2 Å². The molecule has 0 spiro atoms. The number of esters is 1. The van der Waals surface area contributed by atoms with Crippen molar-refractivity contribution >= 4 is 46.9 Å². The first kappa shape index (κ1) is 22.3. The first-order valence-corrected chi connectivity index (χ1v) is 10.9. The molecule has 170 valence electrons. The number of anilines is 3. The van der Waals surface area contributed by atoms with Crippen LogP contribution in [0.3, 0.4) is 0 Å².